The van der Waals surface area contributed by atoms with Crippen molar-refractivity contribution in [2.45, 2.75) is 51.3 Å². The minimum Gasteiger partial charge on any atom is -0.468 e. The number of methoxy groups -OCH3 is 2. The largest absolute Gasteiger partial charge is 0.468 e. The lowest BCUT2D eigenvalue weighted by Gasteiger charge is -2.40. The van der Waals surface area contributed by atoms with Gasteiger partial charge in [-0.2, -0.15) is 0 Å². The first-order valence-electron chi connectivity index (χ1n) is 7.01. The van der Waals surface area contributed by atoms with Crippen molar-refractivity contribution >= 4 is 5.97 Å². The van der Waals surface area contributed by atoms with E-state index in [0.717, 1.165) is 25.9 Å². The van der Waals surface area contributed by atoms with Crippen LogP contribution in [0.2, 0.25) is 0 Å². The topological polar surface area (TPSA) is 50.8 Å². The van der Waals surface area contributed by atoms with E-state index in [1.807, 2.05) is 13.8 Å². The van der Waals surface area contributed by atoms with Crippen LogP contribution in [0.3, 0.4) is 0 Å². The van der Waals surface area contributed by atoms with Gasteiger partial charge in [0.15, 0.2) is 0 Å². The highest BCUT2D eigenvalue weighted by molar-refractivity contribution is 5.76. The van der Waals surface area contributed by atoms with Crippen LogP contribution in [0.15, 0.2) is 0 Å². The maximum absolute atomic E-state index is 11.8. The lowest BCUT2D eigenvalue weighted by atomic mass is 9.94. The van der Waals surface area contributed by atoms with Crippen molar-refractivity contribution < 1.29 is 14.3 Å². The maximum atomic E-state index is 11.8. The second-order valence-electron chi connectivity index (χ2n) is 5.89. The van der Waals surface area contributed by atoms with Crippen LogP contribution >= 0.6 is 0 Å². The number of ether oxygens (including phenoxy) is 2. The summed E-state index contributed by atoms with van der Waals surface area (Å²) in [6, 6.07) is -0.0214. The van der Waals surface area contributed by atoms with Gasteiger partial charge in [0.2, 0.25) is 0 Å². The lowest BCUT2D eigenvalue weighted by molar-refractivity contribution is -0.144. The first kappa shape index (κ1) is 16.4. The zero-order valence-corrected chi connectivity index (χ0v) is 12.9. The molecule has 1 heterocycles. The number of nitrogens with zero attached hydrogens (tertiary/aromatic N) is 1. The van der Waals surface area contributed by atoms with E-state index in [-0.39, 0.29) is 23.7 Å². The summed E-state index contributed by atoms with van der Waals surface area (Å²) < 4.78 is 10.5. The van der Waals surface area contributed by atoms with Gasteiger partial charge in [-0.3, -0.25) is 9.69 Å². The average Bonchev–Trinajstić information content (AvgIpc) is 2.36. The number of carbonyl (C=O) groups is 1. The van der Waals surface area contributed by atoms with Crippen molar-refractivity contribution in [3.63, 3.8) is 0 Å². The third-order valence-corrected chi connectivity index (χ3v) is 3.69. The molecule has 1 aliphatic rings. The van der Waals surface area contributed by atoms with Crippen molar-refractivity contribution in [2.24, 2.45) is 0 Å². The zero-order chi connectivity index (χ0) is 14.5. The summed E-state index contributed by atoms with van der Waals surface area (Å²) >= 11 is 0. The Labute approximate surface area is 116 Å². The van der Waals surface area contributed by atoms with Gasteiger partial charge in [-0.05, 0) is 26.3 Å². The van der Waals surface area contributed by atoms with Crippen LogP contribution in [0.4, 0.5) is 0 Å². The summed E-state index contributed by atoms with van der Waals surface area (Å²) in [6.45, 7) is 8.73. The van der Waals surface area contributed by atoms with Crippen LogP contribution in [-0.2, 0) is 14.3 Å². The molecule has 0 aliphatic carbocycles. The van der Waals surface area contributed by atoms with E-state index < -0.39 is 0 Å². The normalized spacial score (nSPS) is 26.4. The Morgan fingerprint density at radius 3 is 2.63 bits per heavy atom. The Balaban J connectivity index is 2.60. The molecule has 1 aliphatic heterocycles. The lowest BCUT2D eigenvalue weighted by Crippen LogP contribution is -2.54. The minimum atomic E-state index is -0.274. The number of hydrogen-bond acceptors (Lipinski definition) is 5. The van der Waals surface area contributed by atoms with Gasteiger partial charge in [-0.15, -0.1) is 0 Å². The molecule has 19 heavy (non-hydrogen) atoms. The highest BCUT2D eigenvalue weighted by atomic mass is 16.5. The number of rotatable bonds is 6. The van der Waals surface area contributed by atoms with Crippen molar-refractivity contribution in [2.75, 3.05) is 33.9 Å². The van der Waals surface area contributed by atoms with Crippen molar-refractivity contribution in [3.05, 3.63) is 0 Å². The highest BCUT2D eigenvalue weighted by Crippen LogP contribution is 2.23. The van der Waals surface area contributed by atoms with E-state index in [9.17, 15) is 4.79 Å². The number of hydrogen-bond donors (Lipinski definition) is 1. The third-order valence-electron chi connectivity index (χ3n) is 3.69. The van der Waals surface area contributed by atoms with Crippen LogP contribution in [-0.4, -0.2) is 62.4 Å². The van der Waals surface area contributed by atoms with Gasteiger partial charge in [0.1, 0.15) is 6.04 Å². The van der Waals surface area contributed by atoms with E-state index in [2.05, 4.69) is 17.1 Å². The second kappa shape index (κ2) is 7.22. The summed E-state index contributed by atoms with van der Waals surface area (Å²) in [5.74, 6) is -0.196. The van der Waals surface area contributed by atoms with E-state index in [1.54, 1.807) is 7.11 Å². The molecule has 0 bridgehead atoms. The summed E-state index contributed by atoms with van der Waals surface area (Å²) in [4.78, 5) is 14.1. The SMILES string of the molecule is COC(=O)C(CN1CCCC(C)(OC)C1)NC(C)C. The monoisotopic (exact) mass is 272 g/mol. The molecule has 1 rings (SSSR count). The summed E-state index contributed by atoms with van der Waals surface area (Å²) in [6.07, 6.45) is 2.17. The quantitative estimate of drug-likeness (QED) is 0.732. The van der Waals surface area contributed by atoms with E-state index in [0.29, 0.717) is 6.54 Å². The van der Waals surface area contributed by atoms with Crippen LogP contribution in [0.1, 0.15) is 33.6 Å². The first-order valence-corrected chi connectivity index (χ1v) is 7.01. The molecule has 0 saturated carbocycles. The Hall–Kier alpha value is -0.650. The molecule has 112 valence electrons. The van der Waals surface area contributed by atoms with Gasteiger partial charge in [0, 0.05) is 26.2 Å². The molecule has 0 aromatic carbocycles. The number of esters is 1. The predicted molar refractivity (Wildman–Crippen MR) is 75.2 cm³/mol. The molecule has 1 saturated heterocycles. The fourth-order valence-electron chi connectivity index (χ4n) is 2.63. The number of carbonyl (C=O) groups excluding carboxylic acids is 1. The van der Waals surface area contributed by atoms with Crippen molar-refractivity contribution in [1.29, 1.82) is 0 Å². The Kier molecular flexibility index (Phi) is 6.23. The third kappa shape index (κ3) is 5.09. The molecule has 0 amide bonds. The van der Waals surface area contributed by atoms with Crippen molar-refractivity contribution in [1.82, 2.24) is 10.2 Å². The zero-order valence-electron chi connectivity index (χ0n) is 12.9. The Bertz CT molecular complexity index is 296. The van der Waals surface area contributed by atoms with E-state index in [4.69, 9.17) is 9.47 Å². The Morgan fingerprint density at radius 1 is 1.42 bits per heavy atom. The molecule has 2 unspecified atom stereocenters. The highest BCUT2D eigenvalue weighted by Gasteiger charge is 2.33. The molecule has 1 N–H and O–H groups in total. The Morgan fingerprint density at radius 2 is 2.11 bits per heavy atom. The minimum absolute atomic E-state index is 0.100. The van der Waals surface area contributed by atoms with E-state index >= 15 is 0 Å². The number of nitrogens with one attached hydrogen (secondary N) is 1. The van der Waals surface area contributed by atoms with Crippen LogP contribution in [0.25, 0.3) is 0 Å². The average molecular weight is 272 g/mol. The summed E-state index contributed by atoms with van der Waals surface area (Å²) in [7, 11) is 3.19. The van der Waals surface area contributed by atoms with Crippen LogP contribution in [0.5, 0.6) is 0 Å². The second-order valence-corrected chi connectivity index (χ2v) is 5.89. The molecular weight excluding hydrogens is 244 g/mol. The molecule has 5 heteroatoms. The fraction of sp³-hybridized carbons (Fsp3) is 0.929. The first-order chi connectivity index (χ1) is 8.90. The number of piperidine rings is 1. The molecular formula is C14H28N2O3. The molecule has 2 atom stereocenters. The fourth-order valence-corrected chi connectivity index (χ4v) is 2.63. The molecule has 0 aromatic rings. The summed E-state index contributed by atoms with van der Waals surface area (Å²) in [5, 5.41) is 3.27. The van der Waals surface area contributed by atoms with Gasteiger partial charge in [0.25, 0.3) is 0 Å². The van der Waals surface area contributed by atoms with Crippen LogP contribution < -0.4 is 5.32 Å². The van der Waals surface area contributed by atoms with Gasteiger partial charge in [0.05, 0.1) is 12.7 Å². The standard InChI is InChI=1S/C14H28N2O3/c1-11(2)15-12(13(17)18-4)9-16-8-6-7-14(3,10-16)19-5/h11-12,15H,6-10H2,1-5H3. The molecule has 0 radical (unpaired) electrons. The molecule has 1 fully saturated rings. The molecule has 5 nitrogen and oxygen atoms in total. The smallest absolute Gasteiger partial charge is 0.324 e. The molecule has 0 aromatic heterocycles. The van der Waals surface area contributed by atoms with E-state index in [1.165, 1.54) is 7.11 Å². The van der Waals surface area contributed by atoms with Gasteiger partial charge in [-0.1, -0.05) is 13.8 Å². The summed E-state index contributed by atoms with van der Waals surface area (Å²) in [5.41, 5.74) is -0.100. The van der Waals surface area contributed by atoms with Crippen LogP contribution in [0, 0.1) is 0 Å². The van der Waals surface area contributed by atoms with Crippen molar-refractivity contribution in [3.8, 4) is 0 Å². The van der Waals surface area contributed by atoms with Gasteiger partial charge < -0.3 is 14.8 Å². The number of likely N-dealkylation sites (tertiary alicyclic amines) is 1. The maximum Gasteiger partial charge on any atom is 0.324 e. The predicted octanol–water partition coefficient (Wildman–Crippen LogP) is 1.03. The van der Waals surface area contributed by atoms with Gasteiger partial charge in [-0.25, -0.2) is 0 Å². The van der Waals surface area contributed by atoms with Gasteiger partial charge >= 0.3 is 5.97 Å². The molecule has 0 spiro atoms.